The number of hydrogen-bond acceptors (Lipinski definition) is 1. The van der Waals surface area contributed by atoms with Gasteiger partial charge in [-0.15, -0.1) is 11.6 Å². The van der Waals surface area contributed by atoms with Gasteiger partial charge in [0.25, 0.3) is 0 Å². The number of hydrogen-bond donors (Lipinski definition) is 0. The summed E-state index contributed by atoms with van der Waals surface area (Å²) in [6, 6.07) is 5.25. The van der Waals surface area contributed by atoms with Gasteiger partial charge >= 0.3 is 0 Å². The Kier molecular flexibility index (Phi) is 3.97. The van der Waals surface area contributed by atoms with E-state index >= 15 is 0 Å². The van der Waals surface area contributed by atoms with E-state index in [1.807, 2.05) is 6.07 Å². The van der Waals surface area contributed by atoms with E-state index in [-0.39, 0.29) is 5.82 Å². The number of halogens is 2. The molecule has 0 amide bonds. The molecule has 3 heteroatoms. The van der Waals surface area contributed by atoms with Crippen LogP contribution in [-0.4, -0.2) is 13.1 Å². The molecule has 0 aromatic heterocycles. The predicted molar refractivity (Wildman–Crippen MR) is 78.2 cm³/mol. The first-order valence-electron chi connectivity index (χ1n) is 7.38. The highest BCUT2D eigenvalue weighted by molar-refractivity contribution is 6.17. The van der Waals surface area contributed by atoms with Crippen molar-refractivity contribution < 1.29 is 4.39 Å². The van der Waals surface area contributed by atoms with Crippen LogP contribution in [0.1, 0.15) is 37.7 Å². The first-order valence-corrected chi connectivity index (χ1v) is 7.91. The summed E-state index contributed by atoms with van der Waals surface area (Å²) in [5, 5.41) is 0. The van der Waals surface area contributed by atoms with E-state index in [2.05, 4.69) is 4.90 Å². The van der Waals surface area contributed by atoms with Gasteiger partial charge in [0.15, 0.2) is 0 Å². The Labute approximate surface area is 119 Å². The number of anilines is 1. The monoisotopic (exact) mass is 281 g/mol. The molecular formula is C16H21ClFN. The SMILES string of the molecule is Fc1cccc(CCl)c1N1CCC2CCCCC2C1. The van der Waals surface area contributed by atoms with Crippen molar-refractivity contribution in [1.29, 1.82) is 0 Å². The lowest BCUT2D eigenvalue weighted by molar-refractivity contribution is 0.202. The summed E-state index contributed by atoms with van der Waals surface area (Å²) in [6.07, 6.45) is 6.62. The third-order valence-electron chi connectivity index (χ3n) is 4.82. The third kappa shape index (κ3) is 2.60. The maximum absolute atomic E-state index is 14.1. The van der Waals surface area contributed by atoms with Gasteiger partial charge in [0.1, 0.15) is 5.82 Å². The maximum atomic E-state index is 14.1. The van der Waals surface area contributed by atoms with E-state index in [0.717, 1.165) is 36.2 Å². The van der Waals surface area contributed by atoms with Crippen molar-refractivity contribution >= 4 is 17.3 Å². The summed E-state index contributed by atoms with van der Waals surface area (Å²) in [4.78, 5) is 2.24. The van der Waals surface area contributed by atoms with Crippen LogP contribution >= 0.6 is 11.6 Å². The molecule has 0 N–H and O–H groups in total. The highest BCUT2D eigenvalue weighted by Crippen LogP contribution is 2.39. The minimum absolute atomic E-state index is 0.118. The summed E-state index contributed by atoms with van der Waals surface area (Å²) >= 11 is 5.97. The molecular weight excluding hydrogens is 261 g/mol. The minimum atomic E-state index is -0.118. The molecule has 1 saturated heterocycles. The van der Waals surface area contributed by atoms with Crippen LogP contribution in [0.15, 0.2) is 18.2 Å². The normalized spacial score (nSPS) is 27.2. The molecule has 1 aliphatic heterocycles. The predicted octanol–water partition coefficient (Wildman–Crippen LogP) is 4.58. The topological polar surface area (TPSA) is 3.24 Å². The van der Waals surface area contributed by atoms with Gasteiger partial charge in [-0.25, -0.2) is 4.39 Å². The molecule has 19 heavy (non-hydrogen) atoms. The van der Waals surface area contributed by atoms with Crippen molar-refractivity contribution in [1.82, 2.24) is 0 Å². The van der Waals surface area contributed by atoms with E-state index < -0.39 is 0 Å². The fourth-order valence-corrected chi connectivity index (χ4v) is 4.04. The molecule has 1 aromatic rings. The molecule has 104 valence electrons. The summed E-state index contributed by atoms with van der Waals surface area (Å²) in [5.41, 5.74) is 1.68. The van der Waals surface area contributed by atoms with Crippen molar-refractivity contribution in [3.05, 3.63) is 29.6 Å². The van der Waals surface area contributed by atoms with Crippen LogP contribution in [0.5, 0.6) is 0 Å². The summed E-state index contributed by atoms with van der Waals surface area (Å²) in [7, 11) is 0. The van der Waals surface area contributed by atoms with Gasteiger partial charge in [-0.3, -0.25) is 0 Å². The molecule has 2 aliphatic rings. The molecule has 3 rings (SSSR count). The van der Waals surface area contributed by atoms with Gasteiger partial charge in [-0.05, 0) is 36.3 Å². The van der Waals surface area contributed by atoms with Crippen molar-refractivity contribution in [2.75, 3.05) is 18.0 Å². The van der Waals surface area contributed by atoms with Crippen molar-refractivity contribution in [2.24, 2.45) is 11.8 Å². The molecule has 1 heterocycles. The zero-order chi connectivity index (χ0) is 13.2. The van der Waals surface area contributed by atoms with Crippen molar-refractivity contribution in [2.45, 2.75) is 38.0 Å². The number of para-hydroxylation sites is 1. The Bertz CT molecular complexity index is 448. The number of nitrogens with zero attached hydrogens (tertiary/aromatic N) is 1. The van der Waals surface area contributed by atoms with E-state index in [1.54, 1.807) is 12.1 Å². The lowest BCUT2D eigenvalue weighted by Crippen LogP contribution is -2.42. The Morgan fingerprint density at radius 2 is 1.95 bits per heavy atom. The average Bonchev–Trinajstić information content (AvgIpc) is 2.46. The number of benzene rings is 1. The van der Waals surface area contributed by atoms with Crippen LogP contribution in [0.4, 0.5) is 10.1 Å². The molecule has 2 atom stereocenters. The van der Waals surface area contributed by atoms with Crippen LogP contribution in [0.25, 0.3) is 0 Å². The zero-order valence-corrected chi connectivity index (χ0v) is 12.0. The number of alkyl halides is 1. The maximum Gasteiger partial charge on any atom is 0.146 e. The first kappa shape index (κ1) is 13.2. The van der Waals surface area contributed by atoms with Crippen LogP contribution in [-0.2, 0) is 5.88 Å². The number of rotatable bonds is 2. The Morgan fingerprint density at radius 3 is 2.74 bits per heavy atom. The summed E-state index contributed by atoms with van der Waals surface area (Å²) < 4.78 is 14.1. The third-order valence-corrected chi connectivity index (χ3v) is 5.11. The Hall–Kier alpha value is -0.760. The van der Waals surface area contributed by atoms with Crippen LogP contribution in [0, 0.1) is 17.7 Å². The summed E-state index contributed by atoms with van der Waals surface area (Å²) in [5.74, 6) is 1.89. The smallest absolute Gasteiger partial charge is 0.146 e. The highest BCUT2D eigenvalue weighted by Gasteiger charge is 2.32. The lowest BCUT2D eigenvalue weighted by atomic mass is 9.75. The van der Waals surface area contributed by atoms with Gasteiger partial charge in [0.05, 0.1) is 5.69 Å². The van der Waals surface area contributed by atoms with Gasteiger partial charge in [0, 0.05) is 19.0 Å². The molecule has 1 aliphatic carbocycles. The van der Waals surface area contributed by atoms with Crippen molar-refractivity contribution in [3.63, 3.8) is 0 Å². The summed E-state index contributed by atoms with van der Waals surface area (Å²) in [6.45, 7) is 1.99. The van der Waals surface area contributed by atoms with E-state index in [9.17, 15) is 4.39 Å². The standard InChI is InChI=1S/C16H21ClFN/c17-10-13-6-3-7-15(18)16(13)19-9-8-12-4-1-2-5-14(12)11-19/h3,6-7,12,14H,1-2,4-5,8-11H2. The van der Waals surface area contributed by atoms with Gasteiger partial charge < -0.3 is 4.90 Å². The fourth-order valence-electron chi connectivity index (χ4n) is 3.83. The molecule has 1 nitrogen and oxygen atoms in total. The zero-order valence-electron chi connectivity index (χ0n) is 11.2. The fraction of sp³-hybridized carbons (Fsp3) is 0.625. The average molecular weight is 282 g/mol. The van der Waals surface area contributed by atoms with E-state index in [0.29, 0.717) is 5.88 Å². The molecule has 0 spiro atoms. The second kappa shape index (κ2) is 5.70. The van der Waals surface area contributed by atoms with Gasteiger partial charge in [0.2, 0.25) is 0 Å². The first-order chi connectivity index (χ1) is 9.29. The Balaban J connectivity index is 1.83. The van der Waals surface area contributed by atoms with E-state index in [4.69, 9.17) is 11.6 Å². The second-order valence-electron chi connectivity index (χ2n) is 5.92. The molecule has 2 fully saturated rings. The molecule has 0 bridgehead atoms. The largest absolute Gasteiger partial charge is 0.369 e. The molecule has 1 saturated carbocycles. The van der Waals surface area contributed by atoms with Gasteiger partial charge in [-0.2, -0.15) is 0 Å². The molecule has 2 unspecified atom stereocenters. The Morgan fingerprint density at radius 1 is 1.16 bits per heavy atom. The molecule has 0 radical (unpaired) electrons. The van der Waals surface area contributed by atoms with Crippen LogP contribution < -0.4 is 4.90 Å². The molecule has 1 aromatic carbocycles. The minimum Gasteiger partial charge on any atom is -0.369 e. The van der Waals surface area contributed by atoms with Crippen LogP contribution in [0.3, 0.4) is 0 Å². The number of piperidine rings is 1. The van der Waals surface area contributed by atoms with Crippen LogP contribution in [0.2, 0.25) is 0 Å². The van der Waals surface area contributed by atoms with Gasteiger partial charge in [-0.1, -0.05) is 31.4 Å². The highest BCUT2D eigenvalue weighted by atomic mass is 35.5. The van der Waals surface area contributed by atoms with Crippen molar-refractivity contribution in [3.8, 4) is 0 Å². The number of fused-ring (bicyclic) bond motifs is 1. The van der Waals surface area contributed by atoms with E-state index in [1.165, 1.54) is 32.1 Å². The lowest BCUT2D eigenvalue weighted by Gasteiger charge is -2.42. The second-order valence-corrected chi connectivity index (χ2v) is 6.19. The quantitative estimate of drug-likeness (QED) is 0.717.